The van der Waals surface area contributed by atoms with Gasteiger partial charge in [-0.15, -0.1) is 0 Å². The molecule has 0 saturated carbocycles. The molecule has 0 spiro atoms. The maximum absolute atomic E-state index is 8.86. The number of aliphatic hydroxyl groups excluding tert-OH is 1. The minimum absolute atomic E-state index is 0.250. The fraction of sp³-hybridized carbons (Fsp3) is 0.455. The fourth-order valence-electron chi connectivity index (χ4n) is 1.43. The Morgan fingerprint density at radius 3 is 2.31 bits per heavy atom. The summed E-state index contributed by atoms with van der Waals surface area (Å²) >= 11 is 0. The third-order valence-corrected chi connectivity index (χ3v) is 2.16. The molecule has 1 aromatic carbocycles. The first kappa shape index (κ1) is 10.2. The highest BCUT2D eigenvalue weighted by atomic mass is 16.3. The Balaban J connectivity index is 2.58. The van der Waals surface area contributed by atoms with Gasteiger partial charge in [0, 0.05) is 5.56 Å². The average molecular weight is 180 g/mol. The molecule has 1 aromatic rings. The lowest BCUT2D eigenvalue weighted by atomic mass is 10.2. The van der Waals surface area contributed by atoms with E-state index in [4.69, 9.17) is 5.11 Å². The van der Waals surface area contributed by atoms with Gasteiger partial charge in [0.25, 0.3) is 0 Å². The van der Waals surface area contributed by atoms with Gasteiger partial charge in [-0.3, -0.25) is 0 Å². The molecule has 0 aliphatic heterocycles. The minimum atomic E-state index is 0.250. The molecule has 2 heteroatoms. The Hall–Kier alpha value is -0.860. The molecule has 0 aliphatic carbocycles. The van der Waals surface area contributed by atoms with E-state index in [9.17, 15) is 0 Å². The van der Waals surface area contributed by atoms with E-state index in [2.05, 4.69) is 26.2 Å². The molecular formula is C11H18NO+. The molecule has 0 aromatic heterocycles. The smallest absolute Gasteiger partial charge is 0.104 e. The van der Waals surface area contributed by atoms with Gasteiger partial charge in [-0.05, 0) is 0 Å². The maximum Gasteiger partial charge on any atom is 0.104 e. The standard InChI is InChI=1S/C11H18NO/c1-12(2,8-9-13)10-11-6-4-3-5-7-11/h3-7,13H,8-10H2,1-2H3/q+1. The van der Waals surface area contributed by atoms with E-state index in [1.54, 1.807) is 0 Å². The predicted octanol–water partition coefficient (Wildman–Crippen LogP) is 1.26. The quantitative estimate of drug-likeness (QED) is 0.692. The van der Waals surface area contributed by atoms with Crippen LogP contribution in [0.4, 0.5) is 0 Å². The van der Waals surface area contributed by atoms with Gasteiger partial charge in [-0.25, -0.2) is 0 Å². The second-order valence-electron chi connectivity index (χ2n) is 4.03. The van der Waals surface area contributed by atoms with Crippen LogP contribution in [-0.4, -0.2) is 36.8 Å². The van der Waals surface area contributed by atoms with Crippen LogP contribution in [0.3, 0.4) is 0 Å². The molecule has 13 heavy (non-hydrogen) atoms. The highest BCUT2D eigenvalue weighted by Crippen LogP contribution is 2.07. The van der Waals surface area contributed by atoms with Gasteiger partial charge in [0.1, 0.15) is 13.1 Å². The molecule has 1 N–H and O–H groups in total. The van der Waals surface area contributed by atoms with Crippen LogP contribution in [0.1, 0.15) is 5.56 Å². The van der Waals surface area contributed by atoms with Crippen molar-refractivity contribution in [2.75, 3.05) is 27.2 Å². The summed E-state index contributed by atoms with van der Waals surface area (Å²) in [5.74, 6) is 0. The molecule has 0 bridgehead atoms. The van der Waals surface area contributed by atoms with Gasteiger partial charge < -0.3 is 9.59 Å². The highest BCUT2D eigenvalue weighted by molar-refractivity contribution is 5.13. The first-order chi connectivity index (χ1) is 6.14. The van der Waals surface area contributed by atoms with Gasteiger partial charge in [0.2, 0.25) is 0 Å². The van der Waals surface area contributed by atoms with Gasteiger partial charge in [-0.2, -0.15) is 0 Å². The van der Waals surface area contributed by atoms with Crippen LogP contribution < -0.4 is 0 Å². The van der Waals surface area contributed by atoms with Crippen molar-refractivity contribution >= 4 is 0 Å². The van der Waals surface area contributed by atoms with Crippen LogP contribution in [0, 0.1) is 0 Å². The second-order valence-corrected chi connectivity index (χ2v) is 4.03. The highest BCUT2D eigenvalue weighted by Gasteiger charge is 2.13. The lowest BCUT2D eigenvalue weighted by Gasteiger charge is -2.28. The number of nitrogens with zero attached hydrogens (tertiary/aromatic N) is 1. The third kappa shape index (κ3) is 3.57. The zero-order valence-electron chi connectivity index (χ0n) is 8.40. The van der Waals surface area contributed by atoms with E-state index in [1.807, 2.05) is 18.2 Å². The molecule has 72 valence electrons. The SMILES string of the molecule is C[N+](C)(CCO)Cc1ccccc1. The zero-order valence-corrected chi connectivity index (χ0v) is 8.40. The number of hydrogen-bond donors (Lipinski definition) is 1. The summed E-state index contributed by atoms with van der Waals surface area (Å²) in [5, 5.41) is 8.86. The van der Waals surface area contributed by atoms with Crippen molar-refractivity contribution in [2.24, 2.45) is 0 Å². The van der Waals surface area contributed by atoms with Crippen LogP contribution in [0.5, 0.6) is 0 Å². The van der Waals surface area contributed by atoms with Crippen molar-refractivity contribution in [1.29, 1.82) is 0 Å². The molecule has 1 rings (SSSR count). The topological polar surface area (TPSA) is 20.2 Å². The van der Waals surface area contributed by atoms with Crippen LogP contribution >= 0.6 is 0 Å². The summed E-state index contributed by atoms with van der Waals surface area (Å²) in [7, 11) is 4.26. The Labute approximate surface area is 80.0 Å². The van der Waals surface area contributed by atoms with E-state index in [0.29, 0.717) is 0 Å². The summed E-state index contributed by atoms with van der Waals surface area (Å²) in [6, 6.07) is 10.4. The first-order valence-corrected chi connectivity index (χ1v) is 4.61. The molecule has 0 fully saturated rings. The first-order valence-electron chi connectivity index (χ1n) is 4.61. The van der Waals surface area contributed by atoms with E-state index < -0.39 is 0 Å². The Kier molecular flexibility index (Phi) is 3.46. The number of aliphatic hydroxyl groups is 1. The number of hydrogen-bond acceptors (Lipinski definition) is 1. The summed E-state index contributed by atoms with van der Waals surface area (Å²) in [4.78, 5) is 0. The molecule has 0 atom stereocenters. The lowest BCUT2D eigenvalue weighted by Crippen LogP contribution is -2.40. The third-order valence-electron chi connectivity index (χ3n) is 2.16. The van der Waals surface area contributed by atoms with Crippen molar-refractivity contribution in [3.63, 3.8) is 0 Å². The molecule has 0 aliphatic rings. The van der Waals surface area contributed by atoms with Crippen molar-refractivity contribution in [2.45, 2.75) is 6.54 Å². The molecule has 0 heterocycles. The predicted molar refractivity (Wildman–Crippen MR) is 54.2 cm³/mol. The van der Waals surface area contributed by atoms with Crippen molar-refractivity contribution in [1.82, 2.24) is 0 Å². The van der Waals surface area contributed by atoms with Crippen molar-refractivity contribution < 1.29 is 9.59 Å². The molecule has 0 radical (unpaired) electrons. The van der Waals surface area contributed by atoms with E-state index in [0.717, 1.165) is 17.6 Å². The fourth-order valence-corrected chi connectivity index (χ4v) is 1.43. The van der Waals surface area contributed by atoms with Crippen LogP contribution in [0.2, 0.25) is 0 Å². The second kappa shape index (κ2) is 4.40. The van der Waals surface area contributed by atoms with E-state index in [1.165, 1.54) is 5.56 Å². The zero-order chi connectivity index (χ0) is 9.73. The number of benzene rings is 1. The molecule has 0 saturated heterocycles. The van der Waals surface area contributed by atoms with E-state index >= 15 is 0 Å². The largest absolute Gasteiger partial charge is 0.391 e. The Morgan fingerprint density at radius 1 is 1.15 bits per heavy atom. The molecular weight excluding hydrogens is 162 g/mol. The Morgan fingerprint density at radius 2 is 1.77 bits per heavy atom. The van der Waals surface area contributed by atoms with Gasteiger partial charge in [0.05, 0.1) is 20.7 Å². The molecule has 0 amide bonds. The van der Waals surface area contributed by atoms with Crippen molar-refractivity contribution in [3.8, 4) is 0 Å². The molecule has 2 nitrogen and oxygen atoms in total. The van der Waals surface area contributed by atoms with Gasteiger partial charge in [0.15, 0.2) is 0 Å². The summed E-state index contributed by atoms with van der Waals surface area (Å²) in [6.07, 6.45) is 0. The summed E-state index contributed by atoms with van der Waals surface area (Å²) < 4.78 is 0.834. The molecule has 0 unspecified atom stereocenters. The lowest BCUT2D eigenvalue weighted by molar-refractivity contribution is -0.903. The average Bonchev–Trinajstić information content (AvgIpc) is 2.04. The Bertz CT molecular complexity index is 244. The van der Waals surface area contributed by atoms with Gasteiger partial charge in [-0.1, -0.05) is 30.3 Å². The summed E-state index contributed by atoms with van der Waals surface area (Å²) in [6.45, 7) is 2.02. The normalized spacial score (nSPS) is 11.6. The van der Waals surface area contributed by atoms with Crippen LogP contribution in [-0.2, 0) is 6.54 Å². The number of rotatable bonds is 4. The monoisotopic (exact) mass is 180 g/mol. The van der Waals surface area contributed by atoms with Crippen LogP contribution in [0.15, 0.2) is 30.3 Å². The minimum Gasteiger partial charge on any atom is -0.391 e. The van der Waals surface area contributed by atoms with Crippen LogP contribution in [0.25, 0.3) is 0 Å². The summed E-state index contributed by atoms with van der Waals surface area (Å²) in [5.41, 5.74) is 1.32. The maximum atomic E-state index is 8.86. The number of likely N-dealkylation sites (N-methyl/N-ethyl adjacent to an activating group) is 1. The number of quaternary nitrogens is 1. The van der Waals surface area contributed by atoms with Gasteiger partial charge >= 0.3 is 0 Å². The van der Waals surface area contributed by atoms with Crippen molar-refractivity contribution in [3.05, 3.63) is 35.9 Å². The van der Waals surface area contributed by atoms with E-state index in [-0.39, 0.29) is 6.61 Å².